The monoisotopic (exact) mass is 493 g/mol. The molecule has 0 atom stereocenters. The molecule has 10 heteroatoms. The topological polar surface area (TPSA) is 75.4 Å². The molecule has 3 aromatic heterocycles. The first-order valence-corrected chi connectivity index (χ1v) is 12.0. The summed E-state index contributed by atoms with van der Waals surface area (Å²) >= 11 is 1.06. The molecule has 0 saturated heterocycles. The number of carbonyl (C=O) groups is 2. The third-order valence-electron chi connectivity index (χ3n) is 6.49. The molecule has 0 aromatic carbocycles. The van der Waals surface area contributed by atoms with Crippen molar-refractivity contribution in [2.75, 3.05) is 6.54 Å². The molecule has 0 fully saturated rings. The van der Waals surface area contributed by atoms with E-state index in [4.69, 9.17) is 0 Å². The maximum atomic E-state index is 13.5. The fourth-order valence-corrected chi connectivity index (χ4v) is 5.33. The van der Waals surface area contributed by atoms with E-state index in [1.807, 2.05) is 6.07 Å². The lowest BCUT2D eigenvalue weighted by Gasteiger charge is -2.29. The van der Waals surface area contributed by atoms with E-state index in [1.165, 1.54) is 5.38 Å². The lowest BCUT2D eigenvalue weighted by atomic mass is 9.87. The van der Waals surface area contributed by atoms with Crippen LogP contribution in [0.5, 0.6) is 0 Å². The van der Waals surface area contributed by atoms with Crippen LogP contribution in [-0.4, -0.2) is 38.0 Å². The minimum absolute atomic E-state index is 0.0319. The molecule has 1 aliphatic rings. The normalized spacial score (nSPS) is 14.4. The highest BCUT2D eigenvalue weighted by Crippen LogP contribution is 2.37. The standard InChI is InChI=1S/C24H26F3N3O3S/c1-23(2,22(32)33)9-3-6-20(31)29-11-7-15-16-5-4-10-28-21(16)30(18(15)13-29)14-19-17(8-12-34-19)24(25,26)27/h4-5,8,10,12H,3,6-7,9,11,13-14H2,1-2H3,(H,32,33). The first kappa shape index (κ1) is 24.3. The molecular weight excluding hydrogens is 467 g/mol. The zero-order valence-electron chi connectivity index (χ0n) is 19.0. The van der Waals surface area contributed by atoms with Gasteiger partial charge in [-0.1, -0.05) is 0 Å². The molecule has 0 saturated carbocycles. The molecule has 3 aromatic rings. The third kappa shape index (κ3) is 4.68. The summed E-state index contributed by atoms with van der Waals surface area (Å²) in [6, 6.07) is 4.82. The number of rotatable bonds is 7. The van der Waals surface area contributed by atoms with Crippen LogP contribution in [0.1, 0.15) is 54.8 Å². The van der Waals surface area contributed by atoms with Crippen molar-refractivity contribution in [2.45, 2.75) is 58.8 Å². The van der Waals surface area contributed by atoms with Crippen molar-refractivity contribution < 1.29 is 27.9 Å². The molecule has 1 N–H and O–H groups in total. The summed E-state index contributed by atoms with van der Waals surface area (Å²) in [5, 5.41) is 11.6. The average molecular weight is 494 g/mol. The Kier molecular flexibility index (Phi) is 6.46. The van der Waals surface area contributed by atoms with Gasteiger partial charge in [0, 0.05) is 35.1 Å². The van der Waals surface area contributed by atoms with Gasteiger partial charge in [-0.15, -0.1) is 11.3 Å². The fourth-order valence-electron chi connectivity index (χ4n) is 4.45. The minimum Gasteiger partial charge on any atom is -0.481 e. The van der Waals surface area contributed by atoms with Crippen LogP contribution in [0.4, 0.5) is 13.2 Å². The lowest BCUT2D eigenvalue weighted by molar-refractivity contribution is -0.147. The highest BCUT2D eigenvalue weighted by Gasteiger charge is 2.35. The van der Waals surface area contributed by atoms with E-state index >= 15 is 0 Å². The number of aromatic nitrogens is 2. The van der Waals surface area contributed by atoms with Gasteiger partial charge in [-0.2, -0.15) is 13.2 Å². The summed E-state index contributed by atoms with van der Waals surface area (Å²) in [6.07, 6.45) is -1.15. The molecule has 4 rings (SSSR count). The summed E-state index contributed by atoms with van der Waals surface area (Å²) in [6.45, 7) is 4.11. The molecule has 1 aliphatic heterocycles. The second kappa shape index (κ2) is 9.05. The van der Waals surface area contributed by atoms with Crippen molar-refractivity contribution >= 4 is 34.2 Å². The number of alkyl halides is 3. The quantitative estimate of drug-likeness (QED) is 0.483. The predicted octanol–water partition coefficient (Wildman–Crippen LogP) is 5.33. The Balaban J connectivity index is 1.58. The van der Waals surface area contributed by atoms with Crippen LogP contribution in [-0.2, 0) is 35.3 Å². The number of amides is 1. The second-order valence-electron chi connectivity index (χ2n) is 9.25. The van der Waals surface area contributed by atoms with E-state index in [-0.39, 0.29) is 23.7 Å². The van der Waals surface area contributed by atoms with E-state index in [2.05, 4.69) is 4.98 Å². The van der Waals surface area contributed by atoms with Gasteiger partial charge in [-0.3, -0.25) is 9.59 Å². The Bertz CT molecular complexity index is 1230. The van der Waals surface area contributed by atoms with Crippen LogP contribution in [0.15, 0.2) is 29.8 Å². The number of hydrogen-bond donors (Lipinski definition) is 1. The van der Waals surface area contributed by atoms with Gasteiger partial charge in [0.05, 0.1) is 24.1 Å². The first-order chi connectivity index (χ1) is 16.0. The van der Waals surface area contributed by atoms with Crippen LogP contribution < -0.4 is 0 Å². The maximum Gasteiger partial charge on any atom is 0.417 e. The molecule has 0 bridgehead atoms. The SMILES string of the molecule is CC(C)(CCCC(=O)N1CCc2c(n(Cc3sccc3C(F)(F)F)c3ncccc23)C1)C(=O)O. The number of hydrogen-bond acceptors (Lipinski definition) is 4. The fraction of sp³-hybridized carbons (Fsp3) is 0.458. The van der Waals surface area contributed by atoms with Gasteiger partial charge in [-0.05, 0) is 62.3 Å². The smallest absolute Gasteiger partial charge is 0.417 e. The first-order valence-electron chi connectivity index (χ1n) is 11.1. The minimum atomic E-state index is -4.43. The van der Waals surface area contributed by atoms with Gasteiger partial charge in [0.1, 0.15) is 5.65 Å². The summed E-state index contributed by atoms with van der Waals surface area (Å²) in [5.74, 6) is -0.977. The number of carboxylic acid groups (broad SMARTS) is 1. The summed E-state index contributed by atoms with van der Waals surface area (Å²) in [4.78, 5) is 30.6. The van der Waals surface area contributed by atoms with Gasteiger partial charge in [0.2, 0.25) is 5.91 Å². The van der Waals surface area contributed by atoms with Crippen LogP contribution in [0.2, 0.25) is 0 Å². The molecule has 182 valence electrons. The predicted molar refractivity (Wildman–Crippen MR) is 123 cm³/mol. The Morgan fingerprint density at radius 3 is 2.71 bits per heavy atom. The van der Waals surface area contributed by atoms with E-state index in [0.717, 1.165) is 34.0 Å². The van der Waals surface area contributed by atoms with Crippen LogP contribution in [0, 0.1) is 5.41 Å². The molecule has 6 nitrogen and oxygen atoms in total. The summed E-state index contributed by atoms with van der Waals surface area (Å²) in [5.41, 5.74) is 0.898. The van der Waals surface area contributed by atoms with Crippen LogP contribution >= 0.6 is 11.3 Å². The molecule has 1 amide bonds. The average Bonchev–Trinajstić information content (AvgIpc) is 3.37. The van der Waals surface area contributed by atoms with Crippen molar-refractivity contribution in [2.24, 2.45) is 5.41 Å². The van der Waals surface area contributed by atoms with E-state index in [9.17, 15) is 27.9 Å². The second-order valence-corrected chi connectivity index (χ2v) is 10.2. The van der Waals surface area contributed by atoms with Crippen molar-refractivity contribution in [3.05, 3.63) is 51.5 Å². The number of halogens is 3. The van der Waals surface area contributed by atoms with Gasteiger partial charge in [0.25, 0.3) is 0 Å². The van der Waals surface area contributed by atoms with Crippen LogP contribution in [0.25, 0.3) is 11.0 Å². The molecule has 4 heterocycles. The van der Waals surface area contributed by atoms with E-state index in [1.54, 1.807) is 35.6 Å². The zero-order chi connectivity index (χ0) is 24.7. The Morgan fingerprint density at radius 1 is 1.24 bits per heavy atom. The van der Waals surface area contributed by atoms with Gasteiger partial charge in [0.15, 0.2) is 0 Å². The van der Waals surface area contributed by atoms with E-state index in [0.29, 0.717) is 38.0 Å². The zero-order valence-corrected chi connectivity index (χ0v) is 19.8. The number of fused-ring (bicyclic) bond motifs is 3. The Morgan fingerprint density at radius 2 is 2.00 bits per heavy atom. The number of carbonyl (C=O) groups excluding carboxylic acids is 1. The number of aliphatic carboxylic acids is 1. The third-order valence-corrected chi connectivity index (χ3v) is 7.40. The molecular formula is C24H26F3N3O3S. The van der Waals surface area contributed by atoms with E-state index < -0.39 is 23.1 Å². The van der Waals surface area contributed by atoms with Crippen molar-refractivity contribution in [1.29, 1.82) is 0 Å². The van der Waals surface area contributed by atoms with Crippen LogP contribution in [0.3, 0.4) is 0 Å². The maximum absolute atomic E-state index is 13.5. The Hall–Kier alpha value is -2.88. The number of nitrogens with zero attached hydrogens (tertiary/aromatic N) is 3. The highest BCUT2D eigenvalue weighted by molar-refractivity contribution is 7.10. The van der Waals surface area contributed by atoms with Gasteiger partial charge < -0.3 is 14.6 Å². The van der Waals surface area contributed by atoms with Gasteiger partial charge in [-0.25, -0.2) is 4.98 Å². The molecule has 0 radical (unpaired) electrons. The summed E-state index contributed by atoms with van der Waals surface area (Å²) in [7, 11) is 0. The largest absolute Gasteiger partial charge is 0.481 e. The molecule has 0 aliphatic carbocycles. The van der Waals surface area contributed by atoms with Gasteiger partial charge >= 0.3 is 12.1 Å². The van der Waals surface area contributed by atoms with Crippen molar-refractivity contribution in [1.82, 2.24) is 14.5 Å². The Labute approximate surface area is 199 Å². The summed E-state index contributed by atoms with van der Waals surface area (Å²) < 4.78 is 42.2. The number of pyridine rings is 1. The molecule has 0 unspecified atom stereocenters. The molecule has 0 spiro atoms. The molecule has 34 heavy (non-hydrogen) atoms. The lowest BCUT2D eigenvalue weighted by Crippen LogP contribution is -2.36. The number of carboxylic acids is 1. The highest BCUT2D eigenvalue weighted by atomic mass is 32.1. The van der Waals surface area contributed by atoms with Crippen molar-refractivity contribution in [3.8, 4) is 0 Å². The van der Waals surface area contributed by atoms with Crippen molar-refractivity contribution in [3.63, 3.8) is 0 Å². The number of thiophene rings is 1.